The van der Waals surface area contributed by atoms with Gasteiger partial charge < -0.3 is 13.4 Å². The number of hydrogen-bond acceptors (Lipinski definition) is 5. The summed E-state index contributed by atoms with van der Waals surface area (Å²) in [4.78, 5) is 14.9. The summed E-state index contributed by atoms with van der Waals surface area (Å²) < 4.78 is 15.8. The van der Waals surface area contributed by atoms with Gasteiger partial charge in [0.25, 0.3) is 0 Å². The van der Waals surface area contributed by atoms with E-state index in [0.717, 1.165) is 77.3 Å². The minimum Gasteiger partial charge on any atom is -0.456 e. The first-order chi connectivity index (χ1) is 28.2. The monoisotopic (exact) mass is 730 g/mol. The minimum absolute atomic E-state index is 0.551. The lowest BCUT2D eigenvalue weighted by molar-refractivity contribution is 0.664. The molecule has 266 valence electrons. The van der Waals surface area contributed by atoms with Gasteiger partial charge in [0.15, 0.2) is 17.5 Å². The maximum Gasteiger partial charge on any atom is 0.167 e. The average Bonchev–Trinajstić information content (AvgIpc) is 3.94. The lowest BCUT2D eigenvalue weighted by Gasteiger charge is -2.09. The Bertz CT molecular complexity index is 3450. The number of nitrogens with zero attached hydrogens (tertiary/aromatic N) is 4. The average molecular weight is 731 g/mol. The van der Waals surface area contributed by atoms with Gasteiger partial charge in [0.05, 0.1) is 16.6 Å². The SMILES string of the molecule is c1ccc(-c2ccc3c4ccccc4n(-c4ccc5c(c4)oc4cc6c(cc45)oc4c(-c5nc(-c7ccccc7)nc(-c7ccccc7)n5)cccc46)c3c2)cc1. The first kappa shape index (κ1) is 31.5. The van der Waals surface area contributed by atoms with Crippen LogP contribution < -0.4 is 0 Å². The molecule has 12 rings (SSSR count). The molecule has 0 saturated carbocycles. The predicted molar refractivity (Wildman–Crippen MR) is 230 cm³/mol. The molecule has 0 spiro atoms. The number of fused-ring (bicyclic) bond motifs is 9. The zero-order valence-corrected chi connectivity index (χ0v) is 30.4. The summed E-state index contributed by atoms with van der Waals surface area (Å²) in [7, 11) is 0. The van der Waals surface area contributed by atoms with Crippen molar-refractivity contribution in [1.29, 1.82) is 0 Å². The first-order valence-corrected chi connectivity index (χ1v) is 19.0. The van der Waals surface area contributed by atoms with E-state index >= 15 is 0 Å². The van der Waals surface area contributed by atoms with E-state index < -0.39 is 0 Å². The number of hydrogen-bond donors (Lipinski definition) is 0. The number of aromatic nitrogens is 4. The van der Waals surface area contributed by atoms with Crippen molar-refractivity contribution in [2.45, 2.75) is 0 Å². The smallest absolute Gasteiger partial charge is 0.167 e. The van der Waals surface area contributed by atoms with E-state index in [-0.39, 0.29) is 0 Å². The van der Waals surface area contributed by atoms with Crippen LogP contribution in [0.3, 0.4) is 0 Å². The van der Waals surface area contributed by atoms with E-state index in [0.29, 0.717) is 17.5 Å². The van der Waals surface area contributed by atoms with Crippen molar-refractivity contribution in [3.63, 3.8) is 0 Å². The van der Waals surface area contributed by atoms with E-state index in [1.54, 1.807) is 0 Å². The van der Waals surface area contributed by atoms with Crippen LogP contribution in [0.2, 0.25) is 0 Å². The molecule has 8 aromatic carbocycles. The van der Waals surface area contributed by atoms with Crippen LogP contribution in [0.5, 0.6) is 0 Å². The molecule has 0 N–H and O–H groups in total. The third kappa shape index (κ3) is 5.01. The summed E-state index contributed by atoms with van der Waals surface area (Å²) in [5.74, 6) is 1.76. The van der Waals surface area contributed by atoms with E-state index in [1.807, 2.05) is 72.8 Å². The lowest BCUT2D eigenvalue weighted by atomic mass is 10.0. The second-order valence-electron chi connectivity index (χ2n) is 14.4. The molecule has 57 heavy (non-hydrogen) atoms. The van der Waals surface area contributed by atoms with Gasteiger partial charge in [0, 0.05) is 55.2 Å². The fraction of sp³-hybridized carbons (Fsp3) is 0. The number of furan rings is 2. The van der Waals surface area contributed by atoms with E-state index in [1.165, 1.54) is 21.9 Å². The van der Waals surface area contributed by atoms with Gasteiger partial charge in [0.1, 0.15) is 22.3 Å². The highest BCUT2D eigenvalue weighted by Gasteiger charge is 2.20. The fourth-order valence-electron chi connectivity index (χ4n) is 8.36. The van der Waals surface area contributed by atoms with Gasteiger partial charge in [-0.2, -0.15) is 0 Å². The maximum atomic E-state index is 6.74. The summed E-state index contributed by atoms with van der Waals surface area (Å²) >= 11 is 0. The second kappa shape index (κ2) is 12.3. The van der Waals surface area contributed by atoms with Gasteiger partial charge >= 0.3 is 0 Å². The largest absolute Gasteiger partial charge is 0.456 e. The van der Waals surface area contributed by atoms with Crippen LogP contribution in [0.1, 0.15) is 0 Å². The van der Waals surface area contributed by atoms with Gasteiger partial charge in [-0.3, -0.25) is 0 Å². The quantitative estimate of drug-likeness (QED) is 0.176. The molecule has 0 amide bonds. The van der Waals surface area contributed by atoms with E-state index in [2.05, 4.69) is 114 Å². The molecule has 0 aliphatic rings. The van der Waals surface area contributed by atoms with Gasteiger partial charge in [-0.1, -0.05) is 133 Å². The Morgan fingerprint density at radius 2 is 0.895 bits per heavy atom. The van der Waals surface area contributed by atoms with Crippen molar-refractivity contribution < 1.29 is 8.83 Å². The summed E-state index contributed by atoms with van der Waals surface area (Å²) in [5, 5.41) is 6.39. The molecule has 0 unspecified atom stereocenters. The van der Waals surface area contributed by atoms with Gasteiger partial charge in [-0.05, 0) is 53.6 Å². The number of benzene rings is 8. The van der Waals surface area contributed by atoms with Crippen LogP contribution in [0.25, 0.3) is 117 Å². The highest BCUT2D eigenvalue weighted by atomic mass is 16.3. The van der Waals surface area contributed by atoms with Gasteiger partial charge in [-0.25, -0.2) is 15.0 Å². The highest BCUT2D eigenvalue weighted by Crippen LogP contribution is 2.41. The molecule has 0 fully saturated rings. The van der Waals surface area contributed by atoms with Crippen molar-refractivity contribution in [3.8, 4) is 51.0 Å². The normalized spacial score (nSPS) is 11.9. The Morgan fingerprint density at radius 1 is 0.333 bits per heavy atom. The standard InChI is InChI=1S/C51H30N4O2/c1-4-13-31(14-5-1)34-23-25-37-36-19-10-11-22-43(36)55(44(37)27-34)35-24-26-38-41-29-47-42(30-46(41)56-45(38)28-35)39-20-12-21-40(48(39)57-47)51-53-49(32-15-6-2-7-16-32)52-50(54-51)33-17-8-3-9-18-33/h1-30H. The summed E-state index contributed by atoms with van der Waals surface area (Å²) in [6.45, 7) is 0. The molecule has 0 radical (unpaired) electrons. The molecular weight excluding hydrogens is 701 g/mol. The summed E-state index contributed by atoms with van der Waals surface area (Å²) in [6.07, 6.45) is 0. The predicted octanol–water partition coefficient (Wildman–Crippen LogP) is 13.4. The number of rotatable bonds is 5. The molecule has 6 heteroatoms. The molecule has 4 aromatic heterocycles. The molecule has 6 nitrogen and oxygen atoms in total. The minimum atomic E-state index is 0.551. The summed E-state index contributed by atoms with van der Waals surface area (Å²) in [6, 6.07) is 62.8. The molecule has 0 aliphatic heterocycles. The van der Waals surface area contributed by atoms with Crippen LogP contribution in [-0.4, -0.2) is 19.5 Å². The van der Waals surface area contributed by atoms with Crippen molar-refractivity contribution >= 4 is 65.7 Å². The second-order valence-corrected chi connectivity index (χ2v) is 14.4. The Labute approximate surface area is 325 Å². The van der Waals surface area contributed by atoms with Crippen LogP contribution in [0.15, 0.2) is 191 Å². The van der Waals surface area contributed by atoms with Crippen LogP contribution >= 0.6 is 0 Å². The van der Waals surface area contributed by atoms with Gasteiger partial charge in [0.2, 0.25) is 0 Å². The van der Waals surface area contributed by atoms with Crippen molar-refractivity contribution in [3.05, 3.63) is 182 Å². The Kier molecular flexibility index (Phi) is 6.83. The Balaban J connectivity index is 1.01. The zero-order valence-electron chi connectivity index (χ0n) is 30.4. The third-order valence-corrected chi connectivity index (χ3v) is 11.1. The van der Waals surface area contributed by atoms with Gasteiger partial charge in [-0.15, -0.1) is 0 Å². The molecule has 0 atom stereocenters. The Morgan fingerprint density at radius 3 is 1.63 bits per heavy atom. The van der Waals surface area contributed by atoms with E-state index in [4.69, 9.17) is 23.8 Å². The van der Waals surface area contributed by atoms with Crippen molar-refractivity contribution in [2.75, 3.05) is 0 Å². The first-order valence-electron chi connectivity index (χ1n) is 19.0. The number of para-hydroxylation sites is 2. The lowest BCUT2D eigenvalue weighted by Crippen LogP contribution is -2.00. The highest BCUT2D eigenvalue weighted by molar-refractivity contribution is 6.17. The van der Waals surface area contributed by atoms with Crippen molar-refractivity contribution in [1.82, 2.24) is 19.5 Å². The Hall–Kier alpha value is -7.83. The van der Waals surface area contributed by atoms with E-state index in [9.17, 15) is 0 Å². The molecule has 4 heterocycles. The molecule has 0 aliphatic carbocycles. The van der Waals surface area contributed by atoms with Crippen LogP contribution in [0.4, 0.5) is 0 Å². The molecule has 12 aromatic rings. The topological polar surface area (TPSA) is 69.9 Å². The molecule has 0 saturated heterocycles. The summed E-state index contributed by atoms with van der Waals surface area (Å²) in [5.41, 5.74) is 11.5. The van der Waals surface area contributed by atoms with Crippen LogP contribution in [0, 0.1) is 0 Å². The van der Waals surface area contributed by atoms with Crippen LogP contribution in [-0.2, 0) is 0 Å². The fourth-order valence-corrected chi connectivity index (χ4v) is 8.36. The van der Waals surface area contributed by atoms with Crippen molar-refractivity contribution in [2.24, 2.45) is 0 Å². The zero-order chi connectivity index (χ0) is 37.5. The molecular formula is C51H30N4O2. The maximum absolute atomic E-state index is 6.74. The molecule has 0 bridgehead atoms. The third-order valence-electron chi connectivity index (χ3n) is 11.1.